The summed E-state index contributed by atoms with van der Waals surface area (Å²) >= 11 is 1.72. The molecule has 3 aromatic rings. The number of carbonyl (C=O) groups excluding carboxylic acids is 1. The van der Waals surface area contributed by atoms with Gasteiger partial charge in [0.1, 0.15) is 5.75 Å². The lowest BCUT2D eigenvalue weighted by molar-refractivity contribution is -0.121. The molecule has 2 aromatic carbocycles. The molecule has 0 saturated heterocycles. The minimum absolute atomic E-state index is 0.0205. The van der Waals surface area contributed by atoms with Crippen molar-refractivity contribution in [2.24, 2.45) is 0 Å². The van der Waals surface area contributed by atoms with Crippen LogP contribution in [0, 0.1) is 0 Å². The molecule has 7 heteroatoms. The van der Waals surface area contributed by atoms with Crippen LogP contribution >= 0.6 is 11.8 Å². The van der Waals surface area contributed by atoms with Gasteiger partial charge < -0.3 is 14.6 Å². The molecule has 0 atom stereocenters. The molecule has 0 aliphatic rings. The lowest BCUT2D eigenvalue weighted by Gasteiger charge is -2.04. The molecular formula is C20H21N3O3S. The molecule has 0 bridgehead atoms. The third-order valence-electron chi connectivity index (χ3n) is 3.82. The summed E-state index contributed by atoms with van der Waals surface area (Å²) in [6.45, 7) is 0.624. The molecule has 1 aromatic heterocycles. The number of nitrogens with one attached hydrogen (secondary N) is 1. The van der Waals surface area contributed by atoms with E-state index in [1.54, 1.807) is 18.9 Å². The van der Waals surface area contributed by atoms with Crippen molar-refractivity contribution in [1.29, 1.82) is 0 Å². The molecule has 1 amide bonds. The Morgan fingerprint density at radius 1 is 1.15 bits per heavy atom. The molecule has 0 fully saturated rings. The molecule has 27 heavy (non-hydrogen) atoms. The minimum atomic E-state index is -0.0205. The van der Waals surface area contributed by atoms with E-state index in [9.17, 15) is 4.79 Å². The van der Waals surface area contributed by atoms with Crippen LogP contribution in [0.2, 0.25) is 0 Å². The average molecular weight is 383 g/mol. The zero-order chi connectivity index (χ0) is 18.9. The van der Waals surface area contributed by atoms with Crippen molar-refractivity contribution >= 4 is 17.7 Å². The number of aryl methyl sites for hydroxylation is 1. The number of carbonyl (C=O) groups is 1. The zero-order valence-electron chi connectivity index (χ0n) is 15.1. The number of hydrogen-bond donors (Lipinski definition) is 1. The Morgan fingerprint density at radius 2 is 1.93 bits per heavy atom. The number of benzene rings is 2. The van der Waals surface area contributed by atoms with Gasteiger partial charge in [0.05, 0.1) is 7.11 Å². The highest BCUT2D eigenvalue weighted by Crippen LogP contribution is 2.20. The molecule has 3 rings (SSSR count). The van der Waals surface area contributed by atoms with Gasteiger partial charge in [0, 0.05) is 35.6 Å². The van der Waals surface area contributed by atoms with Crippen molar-refractivity contribution < 1.29 is 14.1 Å². The van der Waals surface area contributed by atoms with Gasteiger partial charge in [-0.1, -0.05) is 23.4 Å². The molecule has 0 unspecified atom stereocenters. The topological polar surface area (TPSA) is 77.2 Å². The smallest absolute Gasteiger partial charge is 0.227 e. The molecule has 0 aliphatic carbocycles. The van der Waals surface area contributed by atoms with Gasteiger partial charge in [0.15, 0.2) is 0 Å². The Morgan fingerprint density at radius 3 is 2.67 bits per heavy atom. The summed E-state index contributed by atoms with van der Waals surface area (Å²) in [5, 5.41) is 6.88. The van der Waals surface area contributed by atoms with E-state index >= 15 is 0 Å². The minimum Gasteiger partial charge on any atom is -0.497 e. The number of rotatable bonds is 9. The fourth-order valence-electron chi connectivity index (χ4n) is 2.40. The summed E-state index contributed by atoms with van der Waals surface area (Å²) in [5.74, 6) is 2.54. The second-order valence-electron chi connectivity index (χ2n) is 5.75. The molecule has 1 N–H and O–H groups in total. The Kier molecular flexibility index (Phi) is 6.87. The normalized spacial score (nSPS) is 10.6. The van der Waals surface area contributed by atoms with Gasteiger partial charge in [-0.2, -0.15) is 4.98 Å². The van der Waals surface area contributed by atoms with Crippen LogP contribution in [-0.2, 0) is 11.2 Å². The fourth-order valence-corrected chi connectivity index (χ4v) is 3.19. The Balaban J connectivity index is 1.39. The van der Waals surface area contributed by atoms with Crippen molar-refractivity contribution in [3.8, 4) is 17.1 Å². The largest absolute Gasteiger partial charge is 0.497 e. The zero-order valence-corrected chi connectivity index (χ0v) is 15.9. The highest BCUT2D eigenvalue weighted by molar-refractivity contribution is 7.99. The predicted molar refractivity (Wildman–Crippen MR) is 105 cm³/mol. The van der Waals surface area contributed by atoms with Crippen LogP contribution in [0.5, 0.6) is 5.75 Å². The number of methoxy groups -OCH3 is 1. The van der Waals surface area contributed by atoms with Crippen molar-refractivity contribution in [2.75, 3.05) is 19.4 Å². The van der Waals surface area contributed by atoms with Crippen LogP contribution in [-0.4, -0.2) is 35.5 Å². The summed E-state index contributed by atoms with van der Waals surface area (Å²) in [4.78, 5) is 17.5. The van der Waals surface area contributed by atoms with E-state index in [1.165, 1.54) is 4.90 Å². The van der Waals surface area contributed by atoms with Crippen molar-refractivity contribution in [2.45, 2.75) is 17.7 Å². The van der Waals surface area contributed by atoms with E-state index in [4.69, 9.17) is 9.26 Å². The lowest BCUT2D eigenvalue weighted by Crippen LogP contribution is -2.25. The molecule has 0 saturated carbocycles. The van der Waals surface area contributed by atoms with Crippen LogP contribution in [0.1, 0.15) is 12.3 Å². The second-order valence-corrected chi connectivity index (χ2v) is 6.92. The number of amides is 1. The first-order valence-corrected chi connectivity index (χ1v) is 9.65. The van der Waals surface area contributed by atoms with E-state index < -0.39 is 0 Å². The van der Waals surface area contributed by atoms with Gasteiger partial charge in [0.2, 0.25) is 17.6 Å². The van der Waals surface area contributed by atoms with E-state index in [0.29, 0.717) is 31.1 Å². The quantitative estimate of drug-likeness (QED) is 0.449. The van der Waals surface area contributed by atoms with Crippen LogP contribution < -0.4 is 10.1 Å². The number of hydrogen-bond acceptors (Lipinski definition) is 6. The maximum atomic E-state index is 12.0. The van der Waals surface area contributed by atoms with Crippen molar-refractivity contribution in [3.63, 3.8) is 0 Å². The van der Waals surface area contributed by atoms with Gasteiger partial charge in [-0.05, 0) is 36.4 Å². The molecular weight excluding hydrogens is 362 g/mol. The van der Waals surface area contributed by atoms with Gasteiger partial charge in [-0.25, -0.2) is 0 Å². The standard InChI is InChI=1S/C20H21N3O3S/c1-25-16-9-7-15(8-10-16)20-22-19(26-23-20)12-11-18(24)21-13-14-27-17-5-3-2-4-6-17/h2-10H,11-14H2,1H3,(H,21,24). The summed E-state index contributed by atoms with van der Waals surface area (Å²) in [6, 6.07) is 17.5. The third-order valence-corrected chi connectivity index (χ3v) is 4.83. The summed E-state index contributed by atoms with van der Waals surface area (Å²) < 4.78 is 10.4. The lowest BCUT2D eigenvalue weighted by atomic mass is 10.2. The monoisotopic (exact) mass is 383 g/mol. The van der Waals surface area contributed by atoms with Crippen molar-refractivity contribution in [1.82, 2.24) is 15.5 Å². The first-order chi connectivity index (χ1) is 13.2. The Bertz CT molecular complexity index is 850. The fraction of sp³-hybridized carbons (Fsp3) is 0.250. The molecule has 6 nitrogen and oxygen atoms in total. The number of nitrogens with zero attached hydrogens (tertiary/aromatic N) is 2. The highest BCUT2D eigenvalue weighted by Gasteiger charge is 2.10. The number of aromatic nitrogens is 2. The molecule has 0 radical (unpaired) electrons. The SMILES string of the molecule is COc1ccc(-c2noc(CCC(=O)NCCSc3ccccc3)n2)cc1. The predicted octanol–water partition coefficient (Wildman–Crippen LogP) is 3.59. The van der Waals surface area contributed by atoms with E-state index in [-0.39, 0.29) is 5.91 Å². The van der Waals surface area contributed by atoms with Crippen LogP contribution in [0.15, 0.2) is 64.0 Å². The second kappa shape index (κ2) is 9.78. The molecule has 140 valence electrons. The van der Waals surface area contributed by atoms with Crippen LogP contribution in [0.25, 0.3) is 11.4 Å². The van der Waals surface area contributed by atoms with Crippen LogP contribution in [0.4, 0.5) is 0 Å². The first-order valence-electron chi connectivity index (χ1n) is 8.66. The first kappa shape index (κ1) is 19.0. The maximum Gasteiger partial charge on any atom is 0.227 e. The molecule has 1 heterocycles. The third kappa shape index (κ3) is 5.86. The van der Waals surface area contributed by atoms with Gasteiger partial charge in [-0.3, -0.25) is 4.79 Å². The Hall–Kier alpha value is -2.80. The molecule has 0 aliphatic heterocycles. The van der Waals surface area contributed by atoms with E-state index in [0.717, 1.165) is 17.1 Å². The number of ether oxygens (including phenoxy) is 1. The Labute approximate surface area is 162 Å². The van der Waals surface area contributed by atoms with Crippen molar-refractivity contribution in [3.05, 3.63) is 60.5 Å². The summed E-state index contributed by atoms with van der Waals surface area (Å²) in [5.41, 5.74) is 0.841. The van der Waals surface area contributed by atoms with Crippen LogP contribution in [0.3, 0.4) is 0 Å². The van der Waals surface area contributed by atoms with Gasteiger partial charge in [-0.15, -0.1) is 11.8 Å². The van der Waals surface area contributed by atoms with E-state index in [1.807, 2.05) is 42.5 Å². The maximum absolute atomic E-state index is 12.0. The van der Waals surface area contributed by atoms with Gasteiger partial charge >= 0.3 is 0 Å². The molecule has 0 spiro atoms. The average Bonchev–Trinajstić information content (AvgIpc) is 3.19. The summed E-state index contributed by atoms with van der Waals surface area (Å²) in [7, 11) is 1.62. The number of thioether (sulfide) groups is 1. The van der Waals surface area contributed by atoms with E-state index in [2.05, 4.69) is 27.6 Å². The highest BCUT2D eigenvalue weighted by atomic mass is 32.2. The summed E-state index contributed by atoms with van der Waals surface area (Å²) in [6.07, 6.45) is 0.737. The van der Waals surface area contributed by atoms with Gasteiger partial charge in [0.25, 0.3) is 0 Å².